The summed E-state index contributed by atoms with van der Waals surface area (Å²) >= 11 is 1.74. The number of benzene rings is 2. The molecule has 0 spiro atoms. The lowest BCUT2D eigenvalue weighted by Crippen LogP contribution is -2.37. The van der Waals surface area contributed by atoms with Crippen molar-refractivity contribution in [3.63, 3.8) is 0 Å². The third kappa shape index (κ3) is 3.22. The molecule has 4 heteroatoms. The van der Waals surface area contributed by atoms with Gasteiger partial charge in [0.1, 0.15) is 5.75 Å². The van der Waals surface area contributed by atoms with Crippen LogP contribution in [0.1, 0.15) is 50.4 Å². The van der Waals surface area contributed by atoms with E-state index in [1.54, 1.807) is 18.4 Å². The second kappa shape index (κ2) is 6.84. The largest absolute Gasteiger partial charge is 0.496 e. The number of fused-ring (bicyclic) bond motifs is 3. The highest BCUT2D eigenvalue weighted by molar-refractivity contribution is 7.17. The number of thiophene rings is 1. The SMILES string of the molecule is COc1cc(C(=O)N2C[C@]3(C)C[C@@H]2CC(C)(C)C3)ccc1-c1csc2ccccc12. The van der Waals surface area contributed by atoms with Crippen LogP contribution in [0.25, 0.3) is 21.2 Å². The molecule has 1 saturated heterocycles. The van der Waals surface area contributed by atoms with Gasteiger partial charge < -0.3 is 9.64 Å². The molecular weight excluding hydrogens is 390 g/mol. The summed E-state index contributed by atoms with van der Waals surface area (Å²) in [6.45, 7) is 7.89. The molecule has 1 amide bonds. The molecule has 1 aliphatic heterocycles. The molecule has 1 aromatic heterocycles. The van der Waals surface area contributed by atoms with Gasteiger partial charge in [-0.1, -0.05) is 39.0 Å². The zero-order valence-electron chi connectivity index (χ0n) is 18.2. The van der Waals surface area contributed by atoms with E-state index in [1.807, 2.05) is 12.1 Å². The quantitative estimate of drug-likeness (QED) is 0.477. The van der Waals surface area contributed by atoms with Gasteiger partial charge in [-0.3, -0.25) is 4.79 Å². The third-order valence-corrected chi connectivity index (χ3v) is 7.86. The Morgan fingerprint density at radius 2 is 1.90 bits per heavy atom. The minimum atomic E-state index is 0.140. The van der Waals surface area contributed by atoms with Crippen LogP contribution in [0.3, 0.4) is 0 Å². The van der Waals surface area contributed by atoms with Crippen LogP contribution in [-0.2, 0) is 0 Å². The molecule has 2 atom stereocenters. The van der Waals surface area contributed by atoms with Crippen molar-refractivity contribution in [2.24, 2.45) is 10.8 Å². The lowest BCUT2D eigenvalue weighted by molar-refractivity contribution is 0.0708. The Morgan fingerprint density at radius 1 is 1.10 bits per heavy atom. The minimum Gasteiger partial charge on any atom is -0.496 e. The van der Waals surface area contributed by atoms with Gasteiger partial charge in [0.05, 0.1) is 7.11 Å². The Hall–Kier alpha value is -2.33. The smallest absolute Gasteiger partial charge is 0.254 e. The van der Waals surface area contributed by atoms with Gasteiger partial charge in [-0.05, 0) is 59.7 Å². The van der Waals surface area contributed by atoms with E-state index in [4.69, 9.17) is 4.74 Å². The second-order valence-electron chi connectivity index (χ2n) is 10.2. The molecule has 2 aliphatic rings. The molecule has 2 aromatic carbocycles. The van der Waals surface area contributed by atoms with Crippen LogP contribution in [0.15, 0.2) is 47.8 Å². The van der Waals surface area contributed by atoms with Crippen LogP contribution in [0.4, 0.5) is 0 Å². The van der Waals surface area contributed by atoms with E-state index in [1.165, 1.54) is 16.5 Å². The standard InChI is InChI=1S/C26H29NO2S/c1-25(2)12-18-13-26(3,15-25)16-27(18)24(28)17-9-10-19(22(11-17)29-4)21-14-30-23-8-6-5-7-20(21)23/h5-11,14,18H,12-13,15-16H2,1-4H3/t18-,26+/m0/s1. The van der Waals surface area contributed by atoms with Crippen molar-refractivity contribution in [2.45, 2.75) is 46.1 Å². The van der Waals surface area contributed by atoms with Crippen LogP contribution in [0.5, 0.6) is 5.75 Å². The maximum atomic E-state index is 13.5. The van der Waals surface area contributed by atoms with Gasteiger partial charge in [0, 0.05) is 39.4 Å². The average Bonchev–Trinajstić information content (AvgIpc) is 3.24. The highest BCUT2D eigenvalue weighted by Crippen LogP contribution is 2.52. The number of hydrogen-bond donors (Lipinski definition) is 0. The van der Waals surface area contributed by atoms with Gasteiger partial charge in [0.15, 0.2) is 0 Å². The first-order valence-electron chi connectivity index (χ1n) is 10.7. The fourth-order valence-electron chi connectivity index (χ4n) is 6.10. The molecule has 2 fully saturated rings. The number of likely N-dealkylation sites (tertiary alicyclic amines) is 1. The number of rotatable bonds is 3. The molecule has 30 heavy (non-hydrogen) atoms. The highest BCUT2D eigenvalue weighted by Gasteiger charge is 2.51. The van der Waals surface area contributed by atoms with Gasteiger partial charge in [-0.2, -0.15) is 0 Å². The lowest BCUT2D eigenvalue weighted by Gasteiger charge is -2.39. The Labute approximate surface area is 182 Å². The first-order chi connectivity index (χ1) is 14.3. The van der Waals surface area contributed by atoms with Crippen LogP contribution in [-0.4, -0.2) is 30.5 Å². The van der Waals surface area contributed by atoms with Crippen molar-refractivity contribution in [1.29, 1.82) is 0 Å². The van der Waals surface area contributed by atoms with Crippen LogP contribution < -0.4 is 4.74 Å². The summed E-state index contributed by atoms with van der Waals surface area (Å²) in [5.74, 6) is 0.902. The summed E-state index contributed by atoms with van der Waals surface area (Å²) in [4.78, 5) is 15.6. The molecule has 3 aromatic rings. The predicted octanol–water partition coefficient (Wildman–Crippen LogP) is 6.62. The van der Waals surface area contributed by atoms with E-state index < -0.39 is 0 Å². The third-order valence-electron chi connectivity index (χ3n) is 6.90. The first-order valence-corrected chi connectivity index (χ1v) is 11.6. The maximum absolute atomic E-state index is 13.5. The van der Waals surface area contributed by atoms with Crippen LogP contribution in [0, 0.1) is 10.8 Å². The summed E-state index contributed by atoms with van der Waals surface area (Å²) < 4.78 is 7.00. The van der Waals surface area contributed by atoms with E-state index in [0.717, 1.165) is 41.8 Å². The molecule has 0 radical (unpaired) electrons. The summed E-state index contributed by atoms with van der Waals surface area (Å²) in [5.41, 5.74) is 3.47. The molecule has 2 bridgehead atoms. The average molecular weight is 420 g/mol. The zero-order valence-corrected chi connectivity index (χ0v) is 19.0. The normalized spacial score (nSPS) is 24.9. The van der Waals surface area contributed by atoms with E-state index in [9.17, 15) is 4.79 Å². The van der Waals surface area contributed by atoms with E-state index in [0.29, 0.717) is 11.5 Å². The highest BCUT2D eigenvalue weighted by atomic mass is 32.1. The molecule has 156 valence electrons. The molecule has 2 heterocycles. The Kier molecular flexibility index (Phi) is 4.48. The summed E-state index contributed by atoms with van der Waals surface area (Å²) in [7, 11) is 1.69. The minimum absolute atomic E-state index is 0.140. The molecule has 0 N–H and O–H groups in total. The van der Waals surface area contributed by atoms with Gasteiger partial charge in [-0.25, -0.2) is 0 Å². The number of carbonyl (C=O) groups is 1. The molecular formula is C26H29NO2S. The number of ether oxygens (including phenoxy) is 1. The molecule has 1 aliphatic carbocycles. The fourth-order valence-corrected chi connectivity index (χ4v) is 7.06. The first kappa shape index (κ1) is 19.6. The lowest BCUT2D eigenvalue weighted by atomic mass is 9.65. The van der Waals surface area contributed by atoms with Crippen molar-refractivity contribution >= 4 is 27.3 Å². The van der Waals surface area contributed by atoms with Gasteiger partial charge in [-0.15, -0.1) is 11.3 Å². The van der Waals surface area contributed by atoms with E-state index in [2.05, 4.69) is 61.4 Å². The van der Waals surface area contributed by atoms with Gasteiger partial charge in [0.2, 0.25) is 0 Å². The number of carbonyl (C=O) groups excluding carboxylic acids is 1. The Morgan fingerprint density at radius 3 is 2.70 bits per heavy atom. The van der Waals surface area contributed by atoms with Crippen molar-refractivity contribution < 1.29 is 9.53 Å². The van der Waals surface area contributed by atoms with Crippen LogP contribution in [0.2, 0.25) is 0 Å². The number of hydrogen-bond acceptors (Lipinski definition) is 3. The molecule has 1 saturated carbocycles. The molecule has 3 nitrogen and oxygen atoms in total. The number of methoxy groups -OCH3 is 1. The van der Waals surface area contributed by atoms with Crippen molar-refractivity contribution in [1.82, 2.24) is 4.90 Å². The van der Waals surface area contributed by atoms with Crippen molar-refractivity contribution in [2.75, 3.05) is 13.7 Å². The zero-order chi connectivity index (χ0) is 21.1. The number of nitrogens with zero attached hydrogens (tertiary/aromatic N) is 1. The second-order valence-corrected chi connectivity index (χ2v) is 11.1. The van der Waals surface area contributed by atoms with Gasteiger partial charge in [0.25, 0.3) is 5.91 Å². The van der Waals surface area contributed by atoms with E-state index in [-0.39, 0.29) is 11.3 Å². The fraction of sp³-hybridized carbons (Fsp3) is 0.423. The molecule has 0 unspecified atom stereocenters. The van der Waals surface area contributed by atoms with E-state index >= 15 is 0 Å². The summed E-state index contributed by atoms with van der Waals surface area (Å²) in [6.07, 6.45) is 3.40. The number of amides is 1. The molecule has 5 rings (SSSR count). The maximum Gasteiger partial charge on any atom is 0.254 e. The summed E-state index contributed by atoms with van der Waals surface area (Å²) in [6, 6.07) is 14.7. The van der Waals surface area contributed by atoms with Crippen molar-refractivity contribution in [3.8, 4) is 16.9 Å². The van der Waals surface area contributed by atoms with Gasteiger partial charge >= 0.3 is 0 Å². The topological polar surface area (TPSA) is 29.5 Å². The van der Waals surface area contributed by atoms with Crippen LogP contribution >= 0.6 is 11.3 Å². The van der Waals surface area contributed by atoms with Crippen molar-refractivity contribution in [3.05, 3.63) is 53.4 Å². The predicted molar refractivity (Wildman–Crippen MR) is 124 cm³/mol. The Balaban J connectivity index is 1.49. The Bertz CT molecular complexity index is 1130. The summed E-state index contributed by atoms with van der Waals surface area (Å²) in [5, 5.41) is 3.40. The monoisotopic (exact) mass is 419 g/mol.